The summed E-state index contributed by atoms with van der Waals surface area (Å²) >= 11 is 0. The molecule has 6 nitrogen and oxygen atoms in total. The van der Waals surface area contributed by atoms with Crippen LogP contribution in [0.3, 0.4) is 0 Å². The molecule has 0 radical (unpaired) electrons. The Kier molecular flexibility index (Phi) is 4.36. The van der Waals surface area contributed by atoms with Crippen molar-refractivity contribution in [1.82, 2.24) is 0 Å². The number of rotatable bonds is 3. The maximum Gasteiger partial charge on any atom is 0.397 e. The molecular weight excluding hydrogens is 243 g/mol. The lowest BCUT2D eigenvalue weighted by molar-refractivity contribution is -0.152. The SMILES string of the molecule is CCOC(=O)C(=O)Nc1c(F)cccc1C(N)=O. The molecule has 1 aromatic rings. The normalized spacial score (nSPS) is 9.67. The Morgan fingerprint density at radius 1 is 1.39 bits per heavy atom. The van der Waals surface area contributed by atoms with Crippen LogP contribution < -0.4 is 11.1 Å². The summed E-state index contributed by atoms with van der Waals surface area (Å²) in [5.74, 6) is -4.14. The lowest BCUT2D eigenvalue weighted by Gasteiger charge is -2.09. The number of anilines is 1. The van der Waals surface area contributed by atoms with E-state index in [1.165, 1.54) is 19.1 Å². The molecular formula is C11H11FN2O4. The van der Waals surface area contributed by atoms with Gasteiger partial charge in [-0.25, -0.2) is 9.18 Å². The summed E-state index contributed by atoms with van der Waals surface area (Å²) in [5.41, 5.74) is 4.35. The van der Waals surface area contributed by atoms with E-state index in [1.807, 2.05) is 5.32 Å². The Bertz CT molecular complexity index is 502. The highest BCUT2D eigenvalue weighted by atomic mass is 19.1. The molecule has 0 atom stereocenters. The molecule has 0 spiro atoms. The summed E-state index contributed by atoms with van der Waals surface area (Å²) in [5, 5.41) is 1.96. The first-order valence-corrected chi connectivity index (χ1v) is 5.03. The van der Waals surface area contributed by atoms with Gasteiger partial charge in [0, 0.05) is 0 Å². The van der Waals surface area contributed by atoms with Gasteiger partial charge in [0.05, 0.1) is 17.9 Å². The summed E-state index contributed by atoms with van der Waals surface area (Å²) in [6, 6.07) is 3.51. The number of nitrogens with two attached hydrogens (primary N) is 1. The van der Waals surface area contributed by atoms with E-state index < -0.39 is 29.3 Å². The molecule has 0 fully saturated rings. The number of benzene rings is 1. The predicted octanol–water partition coefficient (Wildman–Crippen LogP) is 0.426. The summed E-state index contributed by atoms with van der Waals surface area (Å²) in [6.07, 6.45) is 0. The second-order valence-electron chi connectivity index (χ2n) is 3.20. The van der Waals surface area contributed by atoms with Gasteiger partial charge < -0.3 is 15.8 Å². The van der Waals surface area contributed by atoms with Gasteiger partial charge in [0.15, 0.2) is 0 Å². The number of carbonyl (C=O) groups is 3. The molecule has 96 valence electrons. The fourth-order valence-corrected chi connectivity index (χ4v) is 1.22. The zero-order valence-corrected chi connectivity index (χ0v) is 9.53. The molecule has 0 bridgehead atoms. The van der Waals surface area contributed by atoms with Gasteiger partial charge in [-0.2, -0.15) is 0 Å². The first-order valence-electron chi connectivity index (χ1n) is 5.03. The average Bonchev–Trinajstić information content (AvgIpc) is 2.31. The van der Waals surface area contributed by atoms with Crippen molar-refractivity contribution in [2.24, 2.45) is 5.73 Å². The molecule has 1 aromatic carbocycles. The summed E-state index contributed by atoms with van der Waals surface area (Å²) < 4.78 is 17.9. The van der Waals surface area contributed by atoms with Gasteiger partial charge in [-0.1, -0.05) is 6.07 Å². The first kappa shape index (κ1) is 13.6. The van der Waals surface area contributed by atoms with Crippen LogP contribution >= 0.6 is 0 Å². The number of nitrogens with one attached hydrogen (secondary N) is 1. The molecule has 0 unspecified atom stereocenters. The number of hydrogen-bond donors (Lipinski definition) is 2. The first-order chi connectivity index (χ1) is 8.47. The monoisotopic (exact) mass is 254 g/mol. The molecule has 0 heterocycles. The number of ether oxygens (including phenoxy) is 1. The Morgan fingerprint density at radius 2 is 2.06 bits per heavy atom. The Morgan fingerprint density at radius 3 is 2.61 bits per heavy atom. The molecule has 0 saturated carbocycles. The fraction of sp³-hybridized carbons (Fsp3) is 0.182. The van der Waals surface area contributed by atoms with Gasteiger partial charge >= 0.3 is 11.9 Å². The number of amides is 2. The van der Waals surface area contributed by atoms with E-state index in [2.05, 4.69) is 4.74 Å². The highest BCUT2D eigenvalue weighted by Gasteiger charge is 2.20. The highest BCUT2D eigenvalue weighted by Crippen LogP contribution is 2.19. The summed E-state index contributed by atoms with van der Waals surface area (Å²) in [7, 11) is 0. The van der Waals surface area contributed by atoms with Crippen LogP contribution in [0.5, 0.6) is 0 Å². The number of hydrogen-bond acceptors (Lipinski definition) is 4. The Hall–Kier alpha value is -2.44. The minimum Gasteiger partial charge on any atom is -0.459 e. The van der Waals surface area contributed by atoms with E-state index in [4.69, 9.17) is 5.73 Å². The van der Waals surface area contributed by atoms with Gasteiger partial charge in [-0.3, -0.25) is 9.59 Å². The van der Waals surface area contributed by atoms with Crippen LogP contribution in [-0.2, 0) is 14.3 Å². The van der Waals surface area contributed by atoms with Gasteiger partial charge in [0.25, 0.3) is 5.91 Å². The van der Waals surface area contributed by atoms with Crippen molar-refractivity contribution in [2.45, 2.75) is 6.92 Å². The van der Waals surface area contributed by atoms with E-state index in [1.54, 1.807) is 0 Å². The lowest BCUT2D eigenvalue weighted by Crippen LogP contribution is -2.27. The average molecular weight is 254 g/mol. The van der Waals surface area contributed by atoms with E-state index in [9.17, 15) is 18.8 Å². The number of para-hydroxylation sites is 1. The molecule has 0 saturated heterocycles. The smallest absolute Gasteiger partial charge is 0.397 e. The summed E-state index contributed by atoms with van der Waals surface area (Å²) in [6.45, 7) is 1.52. The highest BCUT2D eigenvalue weighted by molar-refractivity contribution is 6.37. The van der Waals surface area contributed by atoms with Crippen molar-refractivity contribution in [3.8, 4) is 0 Å². The zero-order chi connectivity index (χ0) is 13.7. The van der Waals surface area contributed by atoms with E-state index in [0.29, 0.717) is 0 Å². The zero-order valence-electron chi connectivity index (χ0n) is 9.53. The predicted molar refractivity (Wildman–Crippen MR) is 60.2 cm³/mol. The molecule has 0 aliphatic rings. The molecule has 2 amide bonds. The third-order valence-electron chi connectivity index (χ3n) is 1.98. The maximum absolute atomic E-state index is 13.4. The van der Waals surface area contributed by atoms with Crippen LogP contribution in [0.4, 0.5) is 10.1 Å². The maximum atomic E-state index is 13.4. The molecule has 0 aliphatic heterocycles. The van der Waals surface area contributed by atoms with E-state index in [0.717, 1.165) is 6.07 Å². The van der Waals surface area contributed by atoms with Crippen LogP contribution in [0.1, 0.15) is 17.3 Å². The second kappa shape index (κ2) is 5.76. The third kappa shape index (κ3) is 3.03. The topological polar surface area (TPSA) is 98.5 Å². The quantitative estimate of drug-likeness (QED) is 0.603. The largest absolute Gasteiger partial charge is 0.459 e. The fourth-order valence-electron chi connectivity index (χ4n) is 1.22. The standard InChI is InChI=1S/C11H11FN2O4/c1-2-18-11(17)10(16)14-8-6(9(13)15)4-3-5-7(8)12/h3-5H,2H2,1H3,(H2,13,15)(H,14,16). The Labute approximate surface area is 102 Å². The van der Waals surface area contributed by atoms with Crippen LogP contribution in [0.15, 0.2) is 18.2 Å². The van der Waals surface area contributed by atoms with Gasteiger partial charge in [-0.15, -0.1) is 0 Å². The summed E-state index contributed by atoms with van der Waals surface area (Å²) in [4.78, 5) is 33.4. The minimum absolute atomic E-state index is 0.00615. The van der Waals surface area contributed by atoms with Crippen molar-refractivity contribution < 1.29 is 23.5 Å². The van der Waals surface area contributed by atoms with Crippen molar-refractivity contribution in [2.75, 3.05) is 11.9 Å². The molecule has 0 aliphatic carbocycles. The van der Waals surface area contributed by atoms with E-state index in [-0.39, 0.29) is 12.2 Å². The van der Waals surface area contributed by atoms with E-state index >= 15 is 0 Å². The molecule has 0 aromatic heterocycles. The van der Waals surface area contributed by atoms with Gasteiger partial charge in [0.2, 0.25) is 0 Å². The van der Waals surface area contributed by atoms with Crippen LogP contribution in [0.2, 0.25) is 0 Å². The molecule has 18 heavy (non-hydrogen) atoms. The van der Waals surface area contributed by atoms with Crippen molar-refractivity contribution in [3.63, 3.8) is 0 Å². The second-order valence-corrected chi connectivity index (χ2v) is 3.20. The Balaban J connectivity index is 3.00. The van der Waals surface area contributed by atoms with Crippen LogP contribution in [0, 0.1) is 5.82 Å². The van der Waals surface area contributed by atoms with Crippen molar-refractivity contribution in [1.29, 1.82) is 0 Å². The number of carbonyl (C=O) groups excluding carboxylic acids is 3. The van der Waals surface area contributed by atoms with Gasteiger partial charge in [-0.05, 0) is 19.1 Å². The lowest BCUT2D eigenvalue weighted by atomic mass is 10.1. The van der Waals surface area contributed by atoms with Crippen LogP contribution in [0.25, 0.3) is 0 Å². The number of halogens is 1. The number of esters is 1. The minimum atomic E-state index is -1.18. The van der Waals surface area contributed by atoms with Crippen molar-refractivity contribution in [3.05, 3.63) is 29.6 Å². The third-order valence-corrected chi connectivity index (χ3v) is 1.98. The molecule has 1 rings (SSSR count). The van der Waals surface area contributed by atoms with Crippen LogP contribution in [-0.4, -0.2) is 24.4 Å². The molecule has 3 N–H and O–H groups in total. The van der Waals surface area contributed by atoms with Gasteiger partial charge in [0.1, 0.15) is 5.82 Å². The number of primary amides is 1. The van der Waals surface area contributed by atoms with Crippen molar-refractivity contribution >= 4 is 23.5 Å². The molecule has 7 heteroatoms.